The number of thioether (sulfide) groups is 1. The van der Waals surface area contributed by atoms with Crippen molar-refractivity contribution in [3.05, 3.63) is 99.2 Å². The van der Waals surface area contributed by atoms with Crippen molar-refractivity contribution in [1.82, 2.24) is 4.57 Å². The van der Waals surface area contributed by atoms with E-state index < -0.39 is 5.97 Å². The zero-order chi connectivity index (χ0) is 26.6. The van der Waals surface area contributed by atoms with E-state index in [-0.39, 0.29) is 5.78 Å². The van der Waals surface area contributed by atoms with Gasteiger partial charge in [-0.05, 0) is 73.0 Å². The standard InChI is InChI=1S/C30H25ClN2O3S2/c1-3-33-27-12-6-20(26(32-36-19(2)34)14-16-37-23-10-8-22(31)9-11-23)17-24(27)25-18-21(7-13-28(25)33)30(35)29-5-4-15-38-29/h4-13,15,17-18H,3,14,16H2,1-2H3/b32-26+. The average Bonchev–Trinajstić information content (AvgIpc) is 3.57. The summed E-state index contributed by atoms with van der Waals surface area (Å²) in [6.45, 7) is 4.25. The van der Waals surface area contributed by atoms with E-state index in [2.05, 4.69) is 28.8 Å². The summed E-state index contributed by atoms with van der Waals surface area (Å²) in [6, 6.07) is 23.5. The minimum absolute atomic E-state index is 0.0202. The second-order valence-corrected chi connectivity index (χ2v) is 11.2. The van der Waals surface area contributed by atoms with Gasteiger partial charge in [-0.25, -0.2) is 4.79 Å². The number of thiophene rings is 1. The number of benzene rings is 3. The molecule has 0 fully saturated rings. The van der Waals surface area contributed by atoms with Crippen LogP contribution in [0.3, 0.4) is 0 Å². The van der Waals surface area contributed by atoms with Gasteiger partial charge in [0.1, 0.15) is 0 Å². The number of oxime groups is 1. The molecule has 2 aromatic heterocycles. The smallest absolute Gasteiger partial charge is 0.331 e. The van der Waals surface area contributed by atoms with Crippen LogP contribution >= 0.6 is 34.7 Å². The number of aromatic nitrogens is 1. The molecule has 5 nitrogen and oxygen atoms in total. The largest absolute Gasteiger partial charge is 0.341 e. The summed E-state index contributed by atoms with van der Waals surface area (Å²) in [4.78, 5) is 31.5. The van der Waals surface area contributed by atoms with Gasteiger partial charge in [-0.15, -0.1) is 23.1 Å². The molecule has 8 heteroatoms. The van der Waals surface area contributed by atoms with Crippen LogP contribution in [0, 0.1) is 0 Å². The lowest BCUT2D eigenvalue weighted by Gasteiger charge is -2.08. The fraction of sp³-hybridized carbons (Fsp3) is 0.167. The molecule has 0 atom stereocenters. The van der Waals surface area contributed by atoms with Crippen LogP contribution in [0.1, 0.15) is 41.1 Å². The minimum Gasteiger partial charge on any atom is -0.341 e. The highest BCUT2D eigenvalue weighted by atomic mass is 35.5. The SMILES string of the molecule is CCn1c2ccc(C(=O)c3cccs3)cc2c2cc(/C(CCSc3ccc(Cl)cc3)=N/OC(C)=O)ccc21. The van der Waals surface area contributed by atoms with Crippen LogP contribution in [-0.2, 0) is 16.2 Å². The molecule has 38 heavy (non-hydrogen) atoms. The van der Waals surface area contributed by atoms with E-state index in [1.54, 1.807) is 11.8 Å². The lowest BCUT2D eigenvalue weighted by atomic mass is 10.0. The first-order valence-corrected chi connectivity index (χ1v) is 14.5. The molecule has 0 N–H and O–H groups in total. The summed E-state index contributed by atoms with van der Waals surface area (Å²) >= 11 is 9.13. The molecule has 5 aromatic rings. The summed E-state index contributed by atoms with van der Waals surface area (Å²) in [7, 11) is 0. The molecule has 0 amide bonds. The van der Waals surface area contributed by atoms with Crippen molar-refractivity contribution in [2.24, 2.45) is 5.16 Å². The zero-order valence-electron chi connectivity index (χ0n) is 20.9. The number of carbonyl (C=O) groups excluding carboxylic acids is 2. The van der Waals surface area contributed by atoms with Gasteiger partial charge in [-0.2, -0.15) is 0 Å². The van der Waals surface area contributed by atoms with E-state index in [4.69, 9.17) is 16.4 Å². The van der Waals surface area contributed by atoms with E-state index in [1.807, 2.05) is 66.0 Å². The molecular weight excluding hydrogens is 536 g/mol. The maximum absolute atomic E-state index is 13.1. The Hall–Kier alpha value is -3.39. The van der Waals surface area contributed by atoms with E-state index in [9.17, 15) is 9.59 Å². The van der Waals surface area contributed by atoms with Crippen LogP contribution in [-0.4, -0.2) is 27.8 Å². The first-order chi connectivity index (χ1) is 18.4. The van der Waals surface area contributed by atoms with E-state index in [0.717, 1.165) is 49.4 Å². The summed E-state index contributed by atoms with van der Waals surface area (Å²) in [6.07, 6.45) is 0.598. The number of nitrogens with zero attached hydrogens (tertiary/aromatic N) is 2. The van der Waals surface area contributed by atoms with Crippen LogP contribution in [0.2, 0.25) is 5.02 Å². The molecule has 0 aliphatic heterocycles. The van der Waals surface area contributed by atoms with Crippen molar-refractivity contribution in [2.75, 3.05) is 5.75 Å². The molecule has 0 saturated carbocycles. The van der Waals surface area contributed by atoms with Gasteiger partial charge in [0.2, 0.25) is 5.78 Å². The van der Waals surface area contributed by atoms with Crippen LogP contribution in [0.25, 0.3) is 21.8 Å². The third-order valence-electron chi connectivity index (χ3n) is 6.23. The number of carbonyl (C=O) groups is 2. The molecule has 192 valence electrons. The first kappa shape index (κ1) is 26.2. The highest BCUT2D eigenvalue weighted by Gasteiger charge is 2.17. The van der Waals surface area contributed by atoms with Gasteiger partial charge in [-0.3, -0.25) is 4.79 Å². The summed E-state index contributed by atoms with van der Waals surface area (Å²) < 4.78 is 2.24. The summed E-state index contributed by atoms with van der Waals surface area (Å²) in [5.74, 6) is 0.302. The maximum Gasteiger partial charge on any atom is 0.331 e. The molecule has 0 aliphatic rings. The predicted molar refractivity (Wildman–Crippen MR) is 158 cm³/mol. The van der Waals surface area contributed by atoms with Gasteiger partial charge in [-0.1, -0.05) is 28.9 Å². The molecule has 5 rings (SSSR count). The van der Waals surface area contributed by atoms with Crippen LogP contribution in [0.15, 0.2) is 88.2 Å². The van der Waals surface area contributed by atoms with Gasteiger partial charge < -0.3 is 9.40 Å². The molecule has 0 radical (unpaired) electrons. The van der Waals surface area contributed by atoms with Crippen LogP contribution in [0.4, 0.5) is 0 Å². The van der Waals surface area contributed by atoms with Crippen molar-refractivity contribution in [2.45, 2.75) is 31.7 Å². The lowest BCUT2D eigenvalue weighted by Crippen LogP contribution is -2.06. The second-order valence-electron chi connectivity index (χ2n) is 8.69. The Kier molecular flexibility index (Phi) is 7.98. The Bertz CT molecular complexity index is 1650. The van der Waals surface area contributed by atoms with Crippen molar-refractivity contribution in [3.63, 3.8) is 0 Å². The quantitative estimate of drug-likeness (QED) is 0.0599. The third-order valence-corrected chi connectivity index (χ3v) is 8.36. The Labute approximate surface area is 234 Å². The van der Waals surface area contributed by atoms with Gasteiger partial charge in [0.25, 0.3) is 0 Å². The van der Waals surface area contributed by atoms with E-state index in [1.165, 1.54) is 18.3 Å². The third kappa shape index (κ3) is 5.55. The monoisotopic (exact) mass is 560 g/mol. The highest BCUT2D eigenvalue weighted by Crippen LogP contribution is 2.32. The molecule has 0 saturated heterocycles. The molecule has 0 aliphatic carbocycles. The predicted octanol–water partition coefficient (Wildman–Crippen LogP) is 8.21. The summed E-state index contributed by atoms with van der Waals surface area (Å²) in [5, 5.41) is 8.86. The highest BCUT2D eigenvalue weighted by molar-refractivity contribution is 7.99. The Morgan fingerprint density at radius 3 is 2.29 bits per heavy atom. The zero-order valence-corrected chi connectivity index (χ0v) is 23.3. The number of rotatable bonds is 9. The second kappa shape index (κ2) is 11.6. The number of fused-ring (bicyclic) bond motifs is 3. The number of hydrogen-bond donors (Lipinski definition) is 0. The Morgan fingerprint density at radius 2 is 1.66 bits per heavy atom. The van der Waals surface area contributed by atoms with Crippen molar-refractivity contribution < 1.29 is 14.4 Å². The minimum atomic E-state index is -0.465. The molecular formula is C30H25ClN2O3S2. The number of hydrogen-bond acceptors (Lipinski definition) is 6. The fourth-order valence-electron chi connectivity index (χ4n) is 4.47. The topological polar surface area (TPSA) is 60.7 Å². The number of ketones is 1. The fourth-order valence-corrected chi connectivity index (χ4v) is 6.15. The average molecular weight is 561 g/mol. The van der Waals surface area contributed by atoms with E-state index >= 15 is 0 Å². The van der Waals surface area contributed by atoms with Gasteiger partial charge in [0, 0.05) is 68.5 Å². The maximum atomic E-state index is 13.1. The normalized spacial score (nSPS) is 11.8. The first-order valence-electron chi connectivity index (χ1n) is 12.2. The Balaban J connectivity index is 1.52. The Morgan fingerprint density at radius 1 is 0.974 bits per heavy atom. The molecule has 0 bridgehead atoms. The van der Waals surface area contributed by atoms with E-state index in [0.29, 0.717) is 22.7 Å². The van der Waals surface area contributed by atoms with Crippen LogP contribution < -0.4 is 0 Å². The summed E-state index contributed by atoms with van der Waals surface area (Å²) in [5.41, 5.74) is 4.37. The van der Waals surface area contributed by atoms with Crippen molar-refractivity contribution >= 4 is 74.0 Å². The number of aryl methyl sites for hydroxylation is 1. The van der Waals surface area contributed by atoms with Gasteiger partial charge in [0.15, 0.2) is 0 Å². The van der Waals surface area contributed by atoms with Crippen molar-refractivity contribution in [1.29, 1.82) is 0 Å². The van der Waals surface area contributed by atoms with Gasteiger partial charge >= 0.3 is 5.97 Å². The number of halogens is 1. The molecule has 0 unspecified atom stereocenters. The molecule has 0 spiro atoms. The molecule has 2 heterocycles. The van der Waals surface area contributed by atoms with Crippen molar-refractivity contribution in [3.8, 4) is 0 Å². The van der Waals surface area contributed by atoms with Crippen LogP contribution in [0.5, 0.6) is 0 Å². The lowest BCUT2D eigenvalue weighted by molar-refractivity contribution is -0.140. The molecule has 3 aromatic carbocycles. The van der Waals surface area contributed by atoms with Gasteiger partial charge in [0.05, 0.1) is 10.6 Å².